The number of unbranched alkanes of at least 4 members (excludes halogenated alkanes) is 18. The predicted octanol–water partition coefficient (Wildman–Crippen LogP) is 9.65. The van der Waals surface area contributed by atoms with E-state index in [2.05, 4.69) is 32.0 Å². The molecule has 0 amide bonds. The van der Waals surface area contributed by atoms with Crippen LogP contribution in [0.3, 0.4) is 0 Å². The van der Waals surface area contributed by atoms with Crippen molar-refractivity contribution in [3.63, 3.8) is 0 Å². The molecule has 6 heteroatoms. The fourth-order valence-corrected chi connectivity index (χ4v) is 7.47. The molecule has 0 aliphatic rings. The Bertz CT molecular complexity index is 681. The Balaban J connectivity index is 0.0000122. The van der Waals surface area contributed by atoms with Gasteiger partial charge in [-0.1, -0.05) is 142 Å². The van der Waals surface area contributed by atoms with Crippen LogP contribution in [0.2, 0.25) is 0 Å². The van der Waals surface area contributed by atoms with Gasteiger partial charge in [-0.15, -0.1) is 23.2 Å². The number of rotatable bonds is 24. The van der Waals surface area contributed by atoms with Gasteiger partial charge in [-0.05, 0) is 42.9 Å². The van der Waals surface area contributed by atoms with Crippen LogP contribution >= 0.6 is 17.1 Å². The SMILES string of the molecule is CCCCCCCCCCCCc1ccc(CCCCCCCCCCCC)c(SP([O-])([O-])=S)c1.[Zn+2]. The summed E-state index contributed by atoms with van der Waals surface area (Å²) in [4.78, 5) is 24.6. The van der Waals surface area contributed by atoms with Crippen LogP contribution in [0.4, 0.5) is 0 Å². The fourth-order valence-electron chi connectivity index (χ4n) is 4.79. The summed E-state index contributed by atoms with van der Waals surface area (Å²) >= 11 is 5.63. The van der Waals surface area contributed by atoms with Gasteiger partial charge in [0.1, 0.15) is 0 Å². The zero-order valence-electron chi connectivity index (χ0n) is 23.6. The molecule has 0 aromatic heterocycles. The summed E-state index contributed by atoms with van der Waals surface area (Å²) in [5, 5.41) is 0. The molecule has 0 atom stereocenters. The molecule has 0 aliphatic carbocycles. The van der Waals surface area contributed by atoms with E-state index in [1.54, 1.807) is 0 Å². The number of benzene rings is 1. The molecule has 0 unspecified atom stereocenters. The van der Waals surface area contributed by atoms with Crippen LogP contribution in [0.15, 0.2) is 23.1 Å². The third kappa shape index (κ3) is 21.7. The molecule has 0 saturated carbocycles. The van der Waals surface area contributed by atoms with E-state index in [1.165, 1.54) is 128 Å². The third-order valence-electron chi connectivity index (χ3n) is 6.96. The second-order valence-corrected chi connectivity index (χ2v) is 16.0. The zero-order chi connectivity index (χ0) is 25.6. The number of aryl methyl sites for hydroxylation is 2. The van der Waals surface area contributed by atoms with Gasteiger partial charge in [0.15, 0.2) is 0 Å². The van der Waals surface area contributed by atoms with E-state index >= 15 is 0 Å². The van der Waals surface area contributed by atoms with Gasteiger partial charge in [-0.25, -0.2) is 0 Å². The predicted molar refractivity (Wildman–Crippen MR) is 158 cm³/mol. The first-order chi connectivity index (χ1) is 17.0. The van der Waals surface area contributed by atoms with Gasteiger partial charge in [-0.2, -0.15) is 5.69 Å². The Hall–Kier alpha value is 0.763. The Labute approximate surface area is 246 Å². The van der Waals surface area contributed by atoms with Crippen molar-refractivity contribution in [2.24, 2.45) is 0 Å². The average Bonchev–Trinajstić information content (AvgIpc) is 2.81. The minimum Gasteiger partial charge on any atom is -0.824 e. The summed E-state index contributed by atoms with van der Waals surface area (Å²) in [7, 11) is 0. The number of hydrogen-bond acceptors (Lipinski definition) is 4. The van der Waals surface area contributed by atoms with Crippen LogP contribution in [0.25, 0.3) is 0 Å². The summed E-state index contributed by atoms with van der Waals surface area (Å²) in [6.45, 7) is 4.53. The maximum absolute atomic E-state index is 11.9. The van der Waals surface area contributed by atoms with Gasteiger partial charge in [0.2, 0.25) is 0 Å². The molecule has 0 fully saturated rings. The maximum atomic E-state index is 11.9. The number of hydrogen-bond donors (Lipinski definition) is 0. The van der Waals surface area contributed by atoms with E-state index in [1.807, 2.05) is 0 Å². The summed E-state index contributed by atoms with van der Waals surface area (Å²) in [5.74, 6) is 0. The van der Waals surface area contributed by atoms with Crippen molar-refractivity contribution in [2.75, 3.05) is 0 Å². The second kappa shape index (κ2) is 24.8. The van der Waals surface area contributed by atoms with Crippen LogP contribution < -0.4 is 9.79 Å². The van der Waals surface area contributed by atoms with Crippen molar-refractivity contribution in [3.8, 4) is 0 Å². The van der Waals surface area contributed by atoms with Crippen LogP contribution in [-0.2, 0) is 44.1 Å². The molecule has 0 spiro atoms. The van der Waals surface area contributed by atoms with Gasteiger partial charge in [0, 0.05) is 4.90 Å². The van der Waals surface area contributed by atoms with Crippen molar-refractivity contribution in [3.05, 3.63) is 29.3 Å². The molecule has 36 heavy (non-hydrogen) atoms. The second-order valence-electron chi connectivity index (χ2n) is 10.3. The summed E-state index contributed by atoms with van der Waals surface area (Å²) in [6, 6.07) is 6.47. The Morgan fingerprint density at radius 1 is 0.611 bits per heavy atom. The quantitative estimate of drug-likeness (QED) is 0.0668. The Morgan fingerprint density at radius 3 is 1.42 bits per heavy atom. The van der Waals surface area contributed by atoms with E-state index in [0.717, 1.165) is 41.1 Å². The monoisotopic (exact) mass is 604 g/mol. The summed E-state index contributed by atoms with van der Waals surface area (Å²) in [5.41, 5.74) is -1.40. The van der Waals surface area contributed by atoms with Crippen molar-refractivity contribution < 1.29 is 29.3 Å². The maximum Gasteiger partial charge on any atom is 2.00 e. The first-order valence-electron chi connectivity index (χ1n) is 14.8. The van der Waals surface area contributed by atoms with Crippen molar-refractivity contribution in [1.29, 1.82) is 0 Å². The molecular formula is C30H53O2PS2Zn. The molecule has 0 aliphatic heterocycles. The summed E-state index contributed by atoms with van der Waals surface area (Å²) < 4.78 is 0. The van der Waals surface area contributed by atoms with Crippen LogP contribution in [0, 0.1) is 0 Å². The average molecular weight is 606 g/mol. The van der Waals surface area contributed by atoms with Crippen LogP contribution in [0.1, 0.15) is 153 Å². The molecule has 0 N–H and O–H groups in total. The molecule has 1 rings (SSSR count). The van der Waals surface area contributed by atoms with E-state index in [4.69, 9.17) is 11.8 Å². The van der Waals surface area contributed by atoms with E-state index in [0.29, 0.717) is 0 Å². The Morgan fingerprint density at radius 2 is 1.00 bits per heavy atom. The zero-order valence-corrected chi connectivity index (χ0v) is 29.1. The van der Waals surface area contributed by atoms with E-state index in [9.17, 15) is 9.79 Å². The molecule has 0 radical (unpaired) electrons. The first kappa shape index (κ1) is 36.8. The minimum absolute atomic E-state index is 0. The van der Waals surface area contributed by atoms with Gasteiger partial charge in [0.25, 0.3) is 0 Å². The third-order valence-corrected chi connectivity index (χ3v) is 9.69. The molecule has 1 aromatic carbocycles. The topological polar surface area (TPSA) is 46.1 Å². The van der Waals surface area contributed by atoms with Crippen molar-refractivity contribution >= 4 is 28.9 Å². The first-order valence-corrected chi connectivity index (χ1v) is 18.9. The molecule has 204 valence electrons. The largest absolute Gasteiger partial charge is 2.00 e. The molecule has 2 nitrogen and oxygen atoms in total. The molecule has 0 heterocycles. The fraction of sp³-hybridized carbons (Fsp3) is 0.800. The molecule has 1 aromatic rings. The van der Waals surface area contributed by atoms with Crippen LogP contribution in [0.5, 0.6) is 0 Å². The molecule has 0 saturated heterocycles. The normalized spacial score (nSPS) is 11.6. The van der Waals surface area contributed by atoms with Gasteiger partial charge in [0.05, 0.1) is 0 Å². The van der Waals surface area contributed by atoms with Gasteiger partial charge >= 0.3 is 19.5 Å². The molecular weight excluding hydrogens is 553 g/mol. The van der Waals surface area contributed by atoms with Crippen molar-refractivity contribution in [1.82, 2.24) is 0 Å². The summed E-state index contributed by atoms with van der Waals surface area (Å²) in [6.07, 6.45) is 28.5. The van der Waals surface area contributed by atoms with Crippen molar-refractivity contribution in [2.45, 2.75) is 160 Å². The minimum atomic E-state index is -3.80. The van der Waals surface area contributed by atoms with Crippen LogP contribution in [-0.4, -0.2) is 0 Å². The standard InChI is InChI=1S/C30H55O2PS2.Zn/c1-3-5-7-9-11-13-15-17-19-21-23-28-25-26-29(30(27-28)35-33(31,32)34)24-22-20-18-16-14-12-10-8-6-4-2;/h25-27H,3-24H2,1-2H3,(H2,31,32,34);/q;+2/p-2. The van der Waals surface area contributed by atoms with E-state index < -0.39 is 5.69 Å². The van der Waals surface area contributed by atoms with Gasteiger partial charge in [-0.3, -0.25) is 0 Å². The Kier molecular flexibility index (Phi) is 25.3. The van der Waals surface area contributed by atoms with Gasteiger partial charge < -0.3 is 9.79 Å². The smallest absolute Gasteiger partial charge is 0.824 e. The molecule has 0 bridgehead atoms. The van der Waals surface area contributed by atoms with E-state index in [-0.39, 0.29) is 19.5 Å².